The fraction of sp³-hybridized carbons (Fsp3) is 0. The summed E-state index contributed by atoms with van der Waals surface area (Å²) < 4.78 is 0. The minimum Gasteiger partial charge on any atom is -0.340 e. The smallest absolute Gasteiger partial charge is 0.274 e. The van der Waals surface area contributed by atoms with Crippen molar-refractivity contribution in [3.05, 3.63) is 103 Å². The van der Waals surface area contributed by atoms with Crippen molar-refractivity contribution < 1.29 is 4.79 Å². The Morgan fingerprint density at radius 1 is 0.667 bits per heavy atom. The standard InChI is InChI=1S/C25H19N7O/c33-25(21-13-8-17-5-1-2-6-20(17)31-21)30-19-11-9-18(10-12-19)29-23-15-24(28-16-27-23)32-22-7-3-4-14-26-22/h1-16H,(H,30,33)(H2,26,27,28,29,32). The normalized spacial score (nSPS) is 10.5. The summed E-state index contributed by atoms with van der Waals surface area (Å²) in [6, 6.07) is 26.0. The van der Waals surface area contributed by atoms with E-state index in [0.717, 1.165) is 16.6 Å². The topological polar surface area (TPSA) is 105 Å². The van der Waals surface area contributed by atoms with E-state index >= 15 is 0 Å². The van der Waals surface area contributed by atoms with Crippen LogP contribution in [0, 0.1) is 0 Å². The molecule has 3 heterocycles. The maximum absolute atomic E-state index is 12.6. The second-order valence-corrected chi connectivity index (χ2v) is 7.17. The number of carbonyl (C=O) groups is 1. The van der Waals surface area contributed by atoms with Crippen molar-refractivity contribution in [3.8, 4) is 0 Å². The second kappa shape index (κ2) is 9.11. The molecule has 0 spiro atoms. The van der Waals surface area contributed by atoms with Gasteiger partial charge in [-0.3, -0.25) is 4.79 Å². The average molecular weight is 433 g/mol. The lowest BCUT2D eigenvalue weighted by molar-refractivity contribution is 0.102. The third-order valence-electron chi connectivity index (χ3n) is 4.83. The van der Waals surface area contributed by atoms with Gasteiger partial charge >= 0.3 is 0 Å². The highest BCUT2D eigenvalue weighted by atomic mass is 16.1. The Kier molecular flexibility index (Phi) is 5.54. The van der Waals surface area contributed by atoms with Crippen LogP contribution in [0.15, 0.2) is 97.5 Å². The number of aromatic nitrogens is 4. The number of nitrogens with zero attached hydrogens (tertiary/aromatic N) is 4. The van der Waals surface area contributed by atoms with Gasteiger partial charge in [0.2, 0.25) is 0 Å². The van der Waals surface area contributed by atoms with Gasteiger partial charge in [-0.1, -0.05) is 30.3 Å². The van der Waals surface area contributed by atoms with Crippen LogP contribution in [0.1, 0.15) is 10.5 Å². The molecule has 160 valence electrons. The monoisotopic (exact) mass is 433 g/mol. The zero-order valence-corrected chi connectivity index (χ0v) is 17.4. The number of pyridine rings is 2. The molecule has 0 aliphatic heterocycles. The lowest BCUT2D eigenvalue weighted by Crippen LogP contribution is -2.13. The van der Waals surface area contributed by atoms with E-state index in [4.69, 9.17) is 0 Å². The number of hydrogen-bond acceptors (Lipinski definition) is 7. The molecule has 0 fully saturated rings. The van der Waals surface area contributed by atoms with Crippen LogP contribution in [0.4, 0.5) is 28.8 Å². The van der Waals surface area contributed by atoms with Gasteiger partial charge in [-0.15, -0.1) is 0 Å². The van der Waals surface area contributed by atoms with Crippen LogP contribution in [0.3, 0.4) is 0 Å². The molecule has 0 aliphatic rings. The molecule has 0 atom stereocenters. The summed E-state index contributed by atoms with van der Waals surface area (Å²) in [5, 5.41) is 10.2. The summed E-state index contributed by atoms with van der Waals surface area (Å²) >= 11 is 0. The Balaban J connectivity index is 1.24. The molecule has 0 saturated carbocycles. The van der Waals surface area contributed by atoms with Crippen molar-refractivity contribution in [2.24, 2.45) is 0 Å². The molecule has 0 radical (unpaired) electrons. The van der Waals surface area contributed by atoms with Gasteiger partial charge in [-0.2, -0.15) is 0 Å². The molecule has 8 nitrogen and oxygen atoms in total. The summed E-state index contributed by atoms with van der Waals surface area (Å²) in [5.74, 6) is 1.68. The number of para-hydroxylation sites is 1. The van der Waals surface area contributed by atoms with Crippen LogP contribution in [-0.4, -0.2) is 25.8 Å². The van der Waals surface area contributed by atoms with E-state index in [0.29, 0.717) is 28.8 Å². The van der Waals surface area contributed by atoms with Crippen LogP contribution in [0.25, 0.3) is 10.9 Å². The summed E-state index contributed by atoms with van der Waals surface area (Å²) in [5.41, 5.74) is 2.64. The molecule has 1 amide bonds. The fourth-order valence-corrected chi connectivity index (χ4v) is 3.23. The van der Waals surface area contributed by atoms with Gasteiger partial charge in [-0.25, -0.2) is 19.9 Å². The molecule has 33 heavy (non-hydrogen) atoms. The molecule has 3 aromatic heterocycles. The predicted octanol–water partition coefficient (Wildman–Crippen LogP) is 5.16. The first kappa shape index (κ1) is 20.1. The number of anilines is 5. The van der Waals surface area contributed by atoms with Crippen molar-refractivity contribution in [2.45, 2.75) is 0 Å². The van der Waals surface area contributed by atoms with Gasteiger partial charge in [0.25, 0.3) is 5.91 Å². The van der Waals surface area contributed by atoms with E-state index in [-0.39, 0.29) is 5.91 Å². The lowest BCUT2D eigenvalue weighted by atomic mass is 10.2. The van der Waals surface area contributed by atoms with Gasteiger partial charge in [0, 0.05) is 29.0 Å². The maximum Gasteiger partial charge on any atom is 0.274 e. The maximum atomic E-state index is 12.6. The molecule has 2 aromatic carbocycles. The minimum absolute atomic E-state index is 0.262. The van der Waals surface area contributed by atoms with Crippen LogP contribution in [-0.2, 0) is 0 Å². The molecular weight excluding hydrogens is 414 g/mol. The van der Waals surface area contributed by atoms with Gasteiger partial charge < -0.3 is 16.0 Å². The van der Waals surface area contributed by atoms with Crippen molar-refractivity contribution in [2.75, 3.05) is 16.0 Å². The van der Waals surface area contributed by atoms with E-state index in [1.54, 1.807) is 18.3 Å². The fourth-order valence-electron chi connectivity index (χ4n) is 3.23. The van der Waals surface area contributed by atoms with Crippen molar-refractivity contribution >= 4 is 45.6 Å². The Labute approximate surface area is 189 Å². The highest BCUT2D eigenvalue weighted by molar-refractivity contribution is 6.04. The zero-order chi connectivity index (χ0) is 22.5. The Morgan fingerprint density at radius 2 is 1.42 bits per heavy atom. The van der Waals surface area contributed by atoms with Crippen LogP contribution in [0.2, 0.25) is 0 Å². The van der Waals surface area contributed by atoms with E-state index in [9.17, 15) is 4.79 Å². The SMILES string of the molecule is O=C(Nc1ccc(Nc2cc(Nc3ccccn3)ncn2)cc1)c1ccc2ccccc2n1. The Hall–Kier alpha value is -4.85. The van der Waals surface area contributed by atoms with Gasteiger partial charge in [-0.05, 0) is 48.5 Å². The van der Waals surface area contributed by atoms with Crippen molar-refractivity contribution in [1.82, 2.24) is 19.9 Å². The first-order valence-electron chi connectivity index (χ1n) is 10.3. The van der Waals surface area contributed by atoms with Crippen LogP contribution in [0.5, 0.6) is 0 Å². The lowest BCUT2D eigenvalue weighted by Gasteiger charge is -2.10. The first-order valence-corrected chi connectivity index (χ1v) is 10.3. The Morgan fingerprint density at radius 3 is 2.24 bits per heavy atom. The number of amides is 1. The number of benzene rings is 2. The third-order valence-corrected chi connectivity index (χ3v) is 4.83. The average Bonchev–Trinajstić information content (AvgIpc) is 2.86. The summed E-state index contributed by atoms with van der Waals surface area (Å²) in [7, 11) is 0. The molecule has 0 unspecified atom stereocenters. The molecule has 0 aliphatic carbocycles. The molecule has 0 saturated heterocycles. The molecule has 3 N–H and O–H groups in total. The van der Waals surface area contributed by atoms with Crippen LogP contribution >= 0.6 is 0 Å². The largest absolute Gasteiger partial charge is 0.340 e. The number of fused-ring (bicyclic) bond motifs is 1. The van der Waals surface area contributed by atoms with E-state index in [2.05, 4.69) is 35.9 Å². The second-order valence-electron chi connectivity index (χ2n) is 7.17. The third kappa shape index (κ3) is 4.91. The number of carbonyl (C=O) groups excluding carboxylic acids is 1. The van der Waals surface area contributed by atoms with Crippen molar-refractivity contribution in [3.63, 3.8) is 0 Å². The predicted molar refractivity (Wildman–Crippen MR) is 129 cm³/mol. The number of rotatable bonds is 6. The highest BCUT2D eigenvalue weighted by Crippen LogP contribution is 2.20. The van der Waals surface area contributed by atoms with E-state index < -0.39 is 0 Å². The molecule has 5 aromatic rings. The summed E-state index contributed by atoms with van der Waals surface area (Å²) in [6.07, 6.45) is 3.18. The van der Waals surface area contributed by atoms with Crippen LogP contribution < -0.4 is 16.0 Å². The minimum atomic E-state index is -0.262. The molecule has 8 heteroatoms. The molecule has 0 bridgehead atoms. The van der Waals surface area contributed by atoms with Gasteiger partial charge in [0.05, 0.1) is 5.52 Å². The number of hydrogen-bond donors (Lipinski definition) is 3. The van der Waals surface area contributed by atoms with Gasteiger partial charge in [0.15, 0.2) is 0 Å². The van der Waals surface area contributed by atoms with Gasteiger partial charge in [0.1, 0.15) is 29.5 Å². The van der Waals surface area contributed by atoms with Crippen molar-refractivity contribution in [1.29, 1.82) is 0 Å². The van der Waals surface area contributed by atoms with E-state index in [1.807, 2.05) is 72.8 Å². The summed E-state index contributed by atoms with van der Waals surface area (Å²) in [6.45, 7) is 0. The number of nitrogens with one attached hydrogen (secondary N) is 3. The Bertz CT molecular complexity index is 1410. The van der Waals surface area contributed by atoms with E-state index in [1.165, 1.54) is 6.33 Å². The zero-order valence-electron chi connectivity index (χ0n) is 17.4. The highest BCUT2D eigenvalue weighted by Gasteiger charge is 2.09. The first-order chi connectivity index (χ1) is 16.2. The molecular formula is C25H19N7O. The quantitative estimate of drug-likeness (QED) is 0.340. The molecule has 5 rings (SSSR count). The summed E-state index contributed by atoms with van der Waals surface area (Å²) in [4.78, 5) is 29.7.